The van der Waals surface area contributed by atoms with Crippen LogP contribution >= 0.6 is 0 Å². The molecule has 1 atom stereocenters. The molecule has 0 bridgehead atoms. The molecule has 11 rings (SSSR count). The normalized spacial score (nSPS) is 15.2. The second kappa shape index (κ2) is 13.8. The van der Waals surface area contributed by atoms with E-state index in [-0.39, 0.29) is 16.2 Å². The number of hydrogen-bond donors (Lipinski definition) is 0. The van der Waals surface area contributed by atoms with Crippen LogP contribution in [0, 0.1) is 0 Å². The molecule has 62 heavy (non-hydrogen) atoms. The Balaban J connectivity index is 1.36. The van der Waals surface area contributed by atoms with Gasteiger partial charge in [0.2, 0.25) is 0 Å². The Kier molecular flexibility index (Phi) is 8.52. The van der Waals surface area contributed by atoms with Gasteiger partial charge in [0.05, 0.1) is 0 Å². The fraction of sp³-hybridized carbons (Fsp3) is 0.194. The average Bonchev–Trinajstić information content (AvgIpc) is 3.75. The molecule has 0 aliphatic heterocycles. The summed E-state index contributed by atoms with van der Waals surface area (Å²) in [6, 6.07) is 64.8. The highest BCUT2D eigenvalue weighted by molar-refractivity contribution is 6.29. The molecule has 0 amide bonds. The second-order valence-electron chi connectivity index (χ2n) is 20.1. The largest absolute Gasteiger partial charge is 0.0642 e. The van der Waals surface area contributed by atoms with Crippen LogP contribution in [0.1, 0.15) is 84.1 Å². The van der Waals surface area contributed by atoms with E-state index in [9.17, 15) is 0 Å². The van der Waals surface area contributed by atoms with Gasteiger partial charge in [-0.25, -0.2) is 0 Å². The second-order valence-corrected chi connectivity index (χ2v) is 20.1. The highest BCUT2D eigenvalue weighted by atomic mass is 14.5. The van der Waals surface area contributed by atoms with Crippen LogP contribution in [0.5, 0.6) is 0 Å². The molecule has 0 aromatic heterocycles. The van der Waals surface area contributed by atoms with Crippen LogP contribution < -0.4 is 0 Å². The lowest BCUT2D eigenvalue weighted by Gasteiger charge is -2.30. The smallest absolute Gasteiger partial charge is 0.0184 e. The van der Waals surface area contributed by atoms with Crippen LogP contribution in [0.2, 0.25) is 0 Å². The van der Waals surface area contributed by atoms with Gasteiger partial charge < -0.3 is 0 Å². The molecule has 0 saturated carbocycles. The summed E-state index contributed by atoms with van der Waals surface area (Å²) in [5.74, 6) is 0. The van der Waals surface area contributed by atoms with Gasteiger partial charge in [-0.1, -0.05) is 219 Å². The topological polar surface area (TPSA) is 0 Å². The molecule has 0 saturated heterocycles. The summed E-state index contributed by atoms with van der Waals surface area (Å²) in [5.41, 5.74) is 23.8. The molecule has 9 aromatic rings. The molecule has 0 nitrogen and oxygen atoms in total. The molecule has 302 valence electrons. The first-order valence-electron chi connectivity index (χ1n) is 22.6. The summed E-state index contributed by atoms with van der Waals surface area (Å²) in [6.45, 7) is 19.1. The Hall–Kier alpha value is -6.50. The molecular formula is C62H54. The van der Waals surface area contributed by atoms with Crippen molar-refractivity contribution >= 4 is 21.5 Å². The minimum Gasteiger partial charge on any atom is -0.0642 e. The third-order valence-electron chi connectivity index (χ3n) is 14.5. The van der Waals surface area contributed by atoms with Gasteiger partial charge in [0.15, 0.2) is 0 Å². The number of benzene rings is 9. The SMILES string of the molecule is CCC1(C)c2cc(C(C)(C)C)ccc2-c2c(-c3c4c(c(-c5c(-c6ccccc6)cccc5-c5ccccc5)c5ccccc35)-c3cccc5cccc-4c35)cc(C(C)(C)C)cc21. The van der Waals surface area contributed by atoms with Gasteiger partial charge >= 0.3 is 0 Å². The van der Waals surface area contributed by atoms with Gasteiger partial charge in [0.25, 0.3) is 0 Å². The third-order valence-corrected chi connectivity index (χ3v) is 14.5. The molecule has 2 aliphatic carbocycles. The van der Waals surface area contributed by atoms with Gasteiger partial charge in [-0.05, 0) is 145 Å². The van der Waals surface area contributed by atoms with Crippen LogP contribution in [-0.2, 0) is 16.2 Å². The Morgan fingerprint density at radius 3 is 1.44 bits per heavy atom. The minimum absolute atomic E-state index is 0.0455. The predicted octanol–water partition coefficient (Wildman–Crippen LogP) is 17.6. The van der Waals surface area contributed by atoms with Gasteiger partial charge in [-0.3, -0.25) is 0 Å². The first kappa shape index (κ1) is 38.4. The van der Waals surface area contributed by atoms with E-state index in [0.29, 0.717) is 0 Å². The van der Waals surface area contributed by atoms with Crippen LogP contribution in [0.4, 0.5) is 0 Å². The molecule has 9 aromatic carbocycles. The lowest BCUT2D eigenvalue weighted by atomic mass is 9.73. The van der Waals surface area contributed by atoms with Crippen molar-refractivity contribution in [1.82, 2.24) is 0 Å². The maximum absolute atomic E-state index is 2.58. The summed E-state index contributed by atoms with van der Waals surface area (Å²) in [5, 5.41) is 5.20. The molecule has 1 unspecified atom stereocenters. The van der Waals surface area contributed by atoms with Crippen molar-refractivity contribution in [3.8, 4) is 77.9 Å². The molecule has 0 radical (unpaired) electrons. The highest BCUT2D eigenvalue weighted by Gasteiger charge is 2.42. The molecular weight excluding hydrogens is 745 g/mol. The van der Waals surface area contributed by atoms with Crippen molar-refractivity contribution in [2.75, 3.05) is 0 Å². The molecule has 0 N–H and O–H groups in total. The lowest BCUT2D eigenvalue weighted by Crippen LogP contribution is -2.22. The van der Waals surface area contributed by atoms with Crippen molar-refractivity contribution in [1.29, 1.82) is 0 Å². The average molecular weight is 799 g/mol. The van der Waals surface area contributed by atoms with Gasteiger partial charge in [-0.2, -0.15) is 0 Å². The zero-order chi connectivity index (χ0) is 42.7. The van der Waals surface area contributed by atoms with E-state index in [4.69, 9.17) is 0 Å². The minimum atomic E-state index is -0.136. The van der Waals surface area contributed by atoms with Crippen LogP contribution in [0.3, 0.4) is 0 Å². The van der Waals surface area contributed by atoms with E-state index < -0.39 is 0 Å². The molecule has 2 aliphatic rings. The maximum atomic E-state index is 2.58. The van der Waals surface area contributed by atoms with Gasteiger partial charge in [0, 0.05) is 5.41 Å². The zero-order valence-electron chi connectivity index (χ0n) is 37.4. The van der Waals surface area contributed by atoms with Crippen LogP contribution in [-0.4, -0.2) is 0 Å². The lowest BCUT2D eigenvalue weighted by molar-refractivity contribution is 0.548. The Morgan fingerprint density at radius 1 is 0.371 bits per heavy atom. The van der Waals surface area contributed by atoms with E-state index in [1.54, 1.807) is 0 Å². The van der Waals surface area contributed by atoms with E-state index in [1.165, 1.54) is 122 Å². The van der Waals surface area contributed by atoms with Crippen molar-refractivity contribution < 1.29 is 0 Å². The maximum Gasteiger partial charge on any atom is 0.0184 e. The zero-order valence-corrected chi connectivity index (χ0v) is 37.4. The predicted molar refractivity (Wildman–Crippen MR) is 267 cm³/mol. The summed E-state index contributed by atoms with van der Waals surface area (Å²) in [7, 11) is 0. The molecule has 0 heteroatoms. The Labute approximate surface area is 368 Å². The summed E-state index contributed by atoms with van der Waals surface area (Å²) < 4.78 is 0. The van der Waals surface area contributed by atoms with Crippen LogP contribution in [0.25, 0.3) is 99.4 Å². The summed E-state index contributed by atoms with van der Waals surface area (Å²) in [4.78, 5) is 0. The highest BCUT2D eigenvalue weighted by Crippen LogP contribution is 2.63. The Bertz CT molecular complexity index is 3210. The van der Waals surface area contributed by atoms with E-state index in [0.717, 1.165) is 6.42 Å². The monoisotopic (exact) mass is 798 g/mol. The van der Waals surface area contributed by atoms with E-state index in [2.05, 4.69) is 225 Å². The molecule has 0 heterocycles. The summed E-state index contributed by atoms with van der Waals surface area (Å²) >= 11 is 0. The van der Waals surface area contributed by atoms with Crippen molar-refractivity contribution in [2.24, 2.45) is 0 Å². The first-order valence-corrected chi connectivity index (χ1v) is 22.6. The fourth-order valence-electron chi connectivity index (χ4n) is 11.0. The van der Waals surface area contributed by atoms with Crippen molar-refractivity contribution in [3.05, 3.63) is 192 Å². The van der Waals surface area contributed by atoms with Crippen molar-refractivity contribution in [2.45, 2.75) is 78.1 Å². The standard InChI is InChI=1S/C62H54/c1-9-62(8)51-36-41(60(2,3)4)33-34-47(51)54-50(35-42(37-52(54)62)61(5,6)7)56-45-27-16-17-28-46(45)57(59-49-32-19-26-40-25-18-31-48(53(40)49)58(56)59)55-43(38-21-12-10-13-22-38)29-20-30-44(55)39-23-14-11-15-24-39/h10-37H,9H2,1-8H3. The fourth-order valence-corrected chi connectivity index (χ4v) is 11.0. The van der Waals surface area contributed by atoms with E-state index in [1.807, 2.05) is 0 Å². The quantitative estimate of drug-likeness (QED) is 0.163. The number of fused-ring (bicyclic) bond motifs is 7. The van der Waals surface area contributed by atoms with Gasteiger partial charge in [0.1, 0.15) is 0 Å². The number of hydrogen-bond acceptors (Lipinski definition) is 0. The van der Waals surface area contributed by atoms with Crippen LogP contribution in [0.15, 0.2) is 170 Å². The molecule has 0 fully saturated rings. The first-order chi connectivity index (χ1) is 29.9. The number of rotatable bonds is 5. The van der Waals surface area contributed by atoms with Crippen molar-refractivity contribution in [3.63, 3.8) is 0 Å². The summed E-state index contributed by atoms with van der Waals surface area (Å²) in [6.07, 6.45) is 1.02. The Morgan fingerprint density at radius 2 is 0.871 bits per heavy atom. The third kappa shape index (κ3) is 5.58. The molecule has 0 spiro atoms. The van der Waals surface area contributed by atoms with E-state index >= 15 is 0 Å². The van der Waals surface area contributed by atoms with Gasteiger partial charge in [-0.15, -0.1) is 0 Å².